The van der Waals surface area contributed by atoms with Crippen LogP contribution in [0.5, 0.6) is 0 Å². The molecule has 1 aliphatic rings. The number of carbonyl (C=O) groups is 2. The smallest absolute Gasteiger partial charge is 0.326 e. The Hall–Kier alpha value is -2.38. The van der Waals surface area contributed by atoms with Gasteiger partial charge in [-0.25, -0.2) is 4.79 Å². The zero-order valence-corrected chi connectivity index (χ0v) is 19.2. The van der Waals surface area contributed by atoms with Crippen molar-refractivity contribution in [2.75, 3.05) is 20.3 Å². The summed E-state index contributed by atoms with van der Waals surface area (Å²) in [5.74, 6) is -1.78. The molecule has 32 heavy (non-hydrogen) atoms. The van der Waals surface area contributed by atoms with Crippen molar-refractivity contribution < 1.29 is 24.2 Å². The maximum Gasteiger partial charge on any atom is 0.326 e. The second kappa shape index (κ2) is 11.0. The average Bonchev–Trinajstić information content (AvgIpc) is 2.79. The molecule has 1 aliphatic heterocycles. The van der Waals surface area contributed by atoms with Crippen LogP contribution in [0.1, 0.15) is 40.7 Å². The van der Waals surface area contributed by atoms with Crippen molar-refractivity contribution in [3.05, 3.63) is 75.3 Å². The standard InChI is InChI=1S/C24H25Cl2NO5/c1-31-24(12-14-32-15-13-24)17-10-8-16(9-11-17)4-2-7-20(23(29)30)27-22(28)21-18(25)5-3-6-19(21)26/h2-6,8-11,20H,7,12-15H2,1H3,(H,27,28)(H,29,30)/t20-/m0/s1. The first-order valence-electron chi connectivity index (χ1n) is 10.2. The largest absolute Gasteiger partial charge is 0.480 e. The summed E-state index contributed by atoms with van der Waals surface area (Å²) < 4.78 is 11.3. The molecule has 2 N–H and O–H groups in total. The van der Waals surface area contributed by atoms with E-state index in [0.29, 0.717) is 13.2 Å². The summed E-state index contributed by atoms with van der Waals surface area (Å²) in [4.78, 5) is 24.1. The summed E-state index contributed by atoms with van der Waals surface area (Å²) in [5, 5.41) is 12.3. The summed E-state index contributed by atoms with van der Waals surface area (Å²) in [6.07, 6.45) is 5.23. The SMILES string of the molecule is COC1(c2ccc(C=CC[C@H](NC(=O)c3c(Cl)cccc3Cl)C(=O)O)cc2)CCOCC1. The van der Waals surface area contributed by atoms with Crippen LogP contribution in [0.3, 0.4) is 0 Å². The molecule has 0 bridgehead atoms. The van der Waals surface area contributed by atoms with Crippen molar-refractivity contribution in [2.45, 2.75) is 30.9 Å². The number of amides is 1. The summed E-state index contributed by atoms with van der Waals surface area (Å²) >= 11 is 12.1. The van der Waals surface area contributed by atoms with Gasteiger partial charge in [0.05, 0.1) is 21.2 Å². The number of benzene rings is 2. The monoisotopic (exact) mass is 477 g/mol. The quantitative estimate of drug-likeness (QED) is 0.562. The molecule has 1 atom stereocenters. The third kappa shape index (κ3) is 5.70. The van der Waals surface area contributed by atoms with Crippen molar-refractivity contribution in [3.63, 3.8) is 0 Å². The van der Waals surface area contributed by atoms with Crippen molar-refractivity contribution >= 4 is 41.2 Å². The Morgan fingerprint density at radius 2 is 1.78 bits per heavy atom. The first kappa shape index (κ1) is 24.3. The first-order chi connectivity index (χ1) is 15.4. The Labute approximate surface area is 197 Å². The molecular weight excluding hydrogens is 453 g/mol. The molecule has 1 amide bonds. The lowest BCUT2D eigenvalue weighted by Crippen LogP contribution is -2.40. The van der Waals surface area contributed by atoms with E-state index in [9.17, 15) is 14.7 Å². The number of halogens is 2. The highest BCUT2D eigenvalue weighted by molar-refractivity contribution is 6.39. The number of nitrogens with one attached hydrogen (secondary N) is 1. The second-order valence-corrected chi connectivity index (χ2v) is 8.35. The van der Waals surface area contributed by atoms with Crippen LogP contribution in [-0.4, -0.2) is 43.3 Å². The van der Waals surface area contributed by atoms with E-state index in [1.54, 1.807) is 19.3 Å². The van der Waals surface area contributed by atoms with Crippen LogP contribution in [0.15, 0.2) is 48.5 Å². The second-order valence-electron chi connectivity index (χ2n) is 7.53. The number of methoxy groups -OCH3 is 1. The minimum Gasteiger partial charge on any atom is -0.480 e. The van der Waals surface area contributed by atoms with E-state index in [2.05, 4.69) is 5.32 Å². The van der Waals surface area contributed by atoms with Crippen molar-refractivity contribution in [1.29, 1.82) is 0 Å². The fraction of sp³-hybridized carbons (Fsp3) is 0.333. The third-order valence-electron chi connectivity index (χ3n) is 5.60. The third-order valence-corrected chi connectivity index (χ3v) is 6.23. The number of carboxylic acids is 1. The van der Waals surface area contributed by atoms with Gasteiger partial charge in [0.15, 0.2) is 0 Å². The lowest BCUT2D eigenvalue weighted by Gasteiger charge is -2.36. The number of ether oxygens (including phenoxy) is 2. The zero-order chi connectivity index (χ0) is 23.1. The van der Waals surface area contributed by atoms with Crippen LogP contribution < -0.4 is 5.32 Å². The predicted octanol–water partition coefficient (Wildman–Crippen LogP) is 4.93. The highest BCUT2D eigenvalue weighted by atomic mass is 35.5. The van der Waals surface area contributed by atoms with Crippen molar-refractivity contribution in [2.24, 2.45) is 0 Å². The van der Waals surface area contributed by atoms with Gasteiger partial charge in [-0.1, -0.05) is 65.7 Å². The van der Waals surface area contributed by atoms with Gasteiger partial charge in [-0.15, -0.1) is 0 Å². The number of aliphatic carboxylic acids is 1. The van der Waals surface area contributed by atoms with Gasteiger partial charge >= 0.3 is 5.97 Å². The molecule has 0 spiro atoms. The summed E-state index contributed by atoms with van der Waals surface area (Å²) in [7, 11) is 1.72. The summed E-state index contributed by atoms with van der Waals surface area (Å²) in [6.45, 7) is 1.33. The van der Waals surface area contributed by atoms with Gasteiger partial charge in [-0.3, -0.25) is 4.79 Å². The van der Waals surface area contributed by atoms with E-state index in [0.717, 1.165) is 24.0 Å². The van der Waals surface area contributed by atoms with Crippen LogP contribution in [-0.2, 0) is 19.9 Å². The first-order valence-corrected chi connectivity index (χ1v) is 11.0. The molecule has 8 heteroatoms. The van der Waals surface area contributed by atoms with Crippen molar-refractivity contribution in [1.82, 2.24) is 5.32 Å². The topological polar surface area (TPSA) is 84.9 Å². The van der Waals surface area contributed by atoms with E-state index in [1.807, 2.05) is 30.3 Å². The Morgan fingerprint density at radius 3 is 2.34 bits per heavy atom. The minimum atomic E-state index is -1.15. The molecule has 0 unspecified atom stereocenters. The van der Waals surface area contributed by atoms with E-state index in [-0.39, 0.29) is 27.6 Å². The Morgan fingerprint density at radius 1 is 1.16 bits per heavy atom. The number of carboxylic acid groups (broad SMARTS) is 1. The van der Waals surface area contributed by atoms with Gasteiger partial charge in [0.25, 0.3) is 5.91 Å². The molecule has 2 aromatic carbocycles. The molecule has 0 aliphatic carbocycles. The Bertz CT molecular complexity index is 964. The molecule has 0 aromatic heterocycles. The number of carbonyl (C=O) groups excluding carboxylic acids is 1. The fourth-order valence-electron chi connectivity index (χ4n) is 3.72. The maximum atomic E-state index is 12.5. The zero-order valence-electron chi connectivity index (χ0n) is 17.6. The van der Waals surface area contributed by atoms with Gasteiger partial charge in [-0.2, -0.15) is 0 Å². The molecule has 2 aromatic rings. The molecule has 1 saturated heterocycles. The van der Waals surface area contributed by atoms with E-state index >= 15 is 0 Å². The number of hydrogen-bond donors (Lipinski definition) is 2. The molecule has 6 nitrogen and oxygen atoms in total. The fourth-order valence-corrected chi connectivity index (χ4v) is 4.29. The molecule has 170 valence electrons. The summed E-state index contributed by atoms with van der Waals surface area (Å²) in [5.41, 5.74) is 1.73. The molecule has 1 fully saturated rings. The highest BCUT2D eigenvalue weighted by Crippen LogP contribution is 2.35. The van der Waals surface area contributed by atoms with Gasteiger partial charge in [0.1, 0.15) is 6.04 Å². The molecule has 0 radical (unpaired) electrons. The van der Waals surface area contributed by atoms with Gasteiger partial charge in [-0.05, 0) is 29.7 Å². The van der Waals surface area contributed by atoms with E-state index in [1.165, 1.54) is 12.1 Å². The highest BCUT2D eigenvalue weighted by Gasteiger charge is 2.34. The van der Waals surface area contributed by atoms with Crippen LogP contribution in [0.2, 0.25) is 10.0 Å². The number of hydrogen-bond acceptors (Lipinski definition) is 4. The minimum absolute atomic E-state index is 0.0573. The van der Waals surface area contributed by atoms with Gasteiger partial charge in [0.2, 0.25) is 0 Å². The van der Waals surface area contributed by atoms with E-state index in [4.69, 9.17) is 32.7 Å². The lowest BCUT2D eigenvalue weighted by molar-refractivity contribution is -0.139. The van der Waals surface area contributed by atoms with E-state index < -0.39 is 17.9 Å². The maximum absolute atomic E-state index is 12.5. The molecule has 0 saturated carbocycles. The van der Waals surface area contributed by atoms with Gasteiger partial charge < -0.3 is 19.9 Å². The van der Waals surface area contributed by atoms with Gasteiger partial charge in [0, 0.05) is 33.2 Å². The van der Waals surface area contributed by atoms with Crippen LogP contribution in [0.4, 0.5) is 0 Å². The average molecular weight is 478 g/mol. The van der Waals surface area contributed by atoms with Crippen LogP contribution in [0.25, 0.3) is 6.08 Å². The molecule has 3 rings (SSSR count). The van der Waals surface area contributed by atoms with Crippen molar-refractivity contribution in [3.8, 4) is 0 Å². The van der Waals surface area contributed by atoms with Crippen LogP contribution in [0, 0.1) is 0 Å². The summed E-state index contributed by atoms with van der Waals surface area (Å²) in [6, 6.07) is 11.5. The predicted molar refractivity (Wildman–Crippen MR) is 124 cm³/mol. The van der Waals surface area contributed by atoms with Crippen LogP contribution >= 0.6 is 23.2 Å². The lowest BCUT2D eigenvalue weighted by atomic mass is 9.86. The Kier molecular flexibility index (Phi) is 8.32. The molecule has 1 heterocycles. The number of rotatable bonds is 8. The Balaban J connectivity index is 1.65. The molecular formula is C24H25Cl2NO5. The normalized spacial score (nSPS) is 16.6.